The summed E-state index contributed by atoms with van der Waals surface area (Å²) in [5.41, 5.74) is 0. The van der Waals surface area contributed by atoms with Crippen molar-refractivity contribution in [3.05, 3.63) is 0 Å². The van der Waals surface area contributed by atoms with Crippen LogP contribution in [0.2, 0.25) is 0 Å². The van der Waals surface area contributed by atoms with E-state index in [1.807, 2.05) is 4.90 Å². The minimum Gasteiger partial charge on any atom is -0.340 e. The highest BCUT2D eigenvalue weighted by Crippen LogP contribution is 2.15. The van der Waals surface area contributed by atoms with Crippen LogP contribution < -0.4 is 10.2 Å². The fourth-order valence-corrected chi connectivity index (χ4v) is 2.21. The number of likely N-dealkylation sites (tertiary alicyclic amines) is 1. The molecule has 100 valence electrons. The topological polar surface area (TPSA) is 41.4 Å². The number of quaternary nitrogens is 2. The molecule has 0 aromatic rings. The van der Waals surface area contributed by atoms with Crippen LogP contribution in [0.25, 0.3) is 0 Å². The highest BCUT2D eigenvalue weighted by atomic mass is 16.2. The van der Waals surface area contributed by atoms with Gasteiger partial charge in [-0.15, -0.1) is 0 Å². The average Bonchev–Trinajstić information content (AvgIpc) is 2.29. The lowest BCUT2D eigenvalue weighted by molar-refractivity contribution is -0.860. The monoisotopic (exact) mass is 243 g/mol. The van der Waals surface area contributed by atoms with Crippen LogP contribution in [0.3, 0.4) is 0 Å². The molecule has 0 aliphatic carbocycles. The Morgan fingerprint density at radius 1 is 1.35 bits per heavy atom. The van der Waals surface area contributed by atoms with Crippen molar-refractivity contribution in [2.45, 2.75) is 26.2 Å². The first-order valence-corrected chi connectivity index (χ1v) is 6.98. The Hall–Kier alpha value is -0.610. The van der Waals surface area contributed by atoms with Crippen LogP contribution in [0.1, 0.15) is 26.2 Å². The summed E-state index contributed by atoms with van der Waals surface area (Å²) in [6.45, 7) is 7.10. The molecule has 17 heavy (non-hydrogen) atoms. The number of hydrogen-bond donors (Lipinski definition) is 2. The standard InChI is InChI=1S/C13H27N3O/c1-12-5-9-16(10-6-12)13(17)11-14-7-4-8-15(2)3/h12,14H,4-11H2,1-3H3/p+2. The molecule has 1 rings (SSSR count). The van der Waals surface area contributed by atoms with Crippen LogP contribution in [0, 0.1) is 5.92 Å². The maximum Gasteiger partial charge on any atom is 0.277 e. The zero-order valence-corrected chi connectivity index (χ0v) is 11.7. The lowest BCUT2D eigenvalue weighted by Crippen LogP contribution is -3.06. The van der Waals surface area contributed by atoms with Gasteiger partial charge in [0.2, 0.25) is 0 Å². The van der Waals surface area contributed by atoms with Gasteiger partial charge in [0.25, 0.3) is 5.91 Å². The molecular formula is C13H29N3O+2. The zero-order valence-electron chi connectivity index (χ0n) is 11.7. The van der Waals surface area contributed by atoms with Gasteiger partial charge in [-0.05, 0) is 18.8 Å². The van der Waals surface area contributed by atoms with Crippen LogP contribution >= 0.6 is 0 Å². The second-order valence-corrected chi connectivity index (χ2v) is 5.66. The maximum atomic E-state index is 11.9. The Balaban J connectivity index is 2.05. The minimum atomic E-state index is 0.328. The first kappa shape index (κ1) is 14.5. The van der Waals surface area contributed by atoms with Crippen LogP contribution in [0.5, 0.6) is 0 Å². The Morgan fingerprint density at radius 3 is 2.59 bits per heavy atom. The molecule has 3 N–H and O–H groups in total. The molecule has 1 amide bonds. The number of nitrogens with two attached hydrogens (primary N) is 1. The zero-order chi connectivity index (χ0) is 12.7. The molecular weight excluding hydrogens is 214 g/mol. The third-order valence-electron chi connectivity index (χ3n) is 3.54. The van der Waals surface area contributed by atoms with E-state index < -0.39 is 0 Å². The smallest absolute Gasteiger partial charge is 0.277 e. The lowest BCUT2D eigenvalue weighted by atomic mass is 9.99. The molecule has 0 aromatic carbocycles. The number of nitrogens with one attached hydrogen (secondary N) is 1. The summed E-state index contributed by atoms with van der Waals surface area (Å²) < 4.78 is 0. The van der Waals surface area contributed by atoms with Crippen molar-refractivity contribution in [3.63, 3.8) is 0 Å². The summed E-state index contributed by atoms with van der Waals surface area (Å²) in [7, 11) is 4.33. The molecule has 1 saturated heterocycles. The number of piperidine rings is 1. The van der Waals surface area contributed by atoms with Gasteiger partial charge in [-0.25, -0.2) is 0 Å². The molecule has 0 radical (unpaired) electrons. The molecule has 0 bridgehead atoms. The summed E-state index contributed by atoms with van der Waals surface area (Å²) in [4.78, 5) is 15.4. The number of rotatable bonds is 6. The average molecular weight is 243 g/mol. The molecule has 4 nitrogen and oxygen atoms in total. The van der Waals surface area contributed by atoms with E-state index >= 15 is 0 Å². The van der Waals surface area contributed by atoms with Crippen molar-refractivity contribution in [1.82, 2.24) is 4.90 Å². The Labute approximate surface area is 105 Å². The molecule has 0 unspecified atom stereocenters. The number of amides is 1. The molecule has 1 heterocycles. The summed E-state index contributed by atoms with van der Waals surface area (Å²) in [6, 6.07) is 0. The predicted octanol–water partition coefficient (Wildman–Crippen LogP) is -1.66. The maximum absolute atomic E-state index is 11.9. The molecule has 0 saturated carbocycles. The number of hydrogen-bond acceptors (Lipinski definition) is 1. The molecule has 1 aliphatic rings. The number of carbonyl (C=O) groups is 1. The van der Waals surface area contributed by atoms with Gasteiger partial charge in [0.05, 0.1) is 27.2 Å². The second-order valence-electron chi connectivity index (χ2n) is 5.66. The largest absolute Gasteiger partial charge is 0.340 e. The first-order valence-electron chi connectivity index (χ1n) is 6.98. The van der Waals surface area contributed by atoms with Crippen molar-refractivity contribution >= 4 is 5.91 Å². The fourth-order valence-electron chi connectivity index (χ4n) is 2.21. The lowest BCUT2D eigenvalue weighted by Gasteiger charge is -2.29. The second kappa shape index (κ2) is 7.67. The highest BCUT2D eigenvalue weighted by Gasteiger charge is 2.20. The molecule has 0 aromatic heterocycles. The van der Waals surface area contributed by atoms with Gasteiger partial charge in [0, 0.05) is 19.5 Å². The van der Waals surface area contributed by atoms with Gasteiger partial charge in [0.1, 0.15) is 0 Å². The van der Waals surface area contributed by atoms with Gasteiger partial charge in [-0.1, -0.05) is 6.92 Å². The van der Waals surface area contributed by atoms with E-state index in [0.29, 0.717) is 12.5 Å². The molecule has 4 heteroatoms. The van der Waals surface area contributed by atoms with Gasteiger partial charge in [-0.3, -0.25) is 4.79 Å². The van der Waals surface area contributed by atoms with Crippen LogP contribution in [0.15, 0.2) is 0 Å². The van der Waals surface area contributed by atoms with Gasteiger partial charge < -0.3 is 15.1 Å². The van der Waals surface area contributed by atoms with E-state index in [4.69, 9.17) is 0 Å². The van der Waals surface area contributed by atoms with E-state index in [-0.39, 0.29) is 0 Å². The molecule has 1 aliphatic heterocycles. The van der Waals surface area contributed by atoms with Gasteiger partial charge in [0.15, 0.2) is 6.54 Å². The van der Waals surface area contributed by atoms with Crippen molar-refractivity contribution in [2.75, 3.05) is 46.8 Å². The summed E-state index contributed by atoms with van der Waals surface area (Å²) in [6.07, 6.45) is 3.54. The third kappa shape index (κ3) is 6.03. The summed E-state index contributed by atoms with van der Waals surface area (Å²) in [5, 5.41) is 2.16. The van der Waals surface area contributed by atoms with Gasteiger partial charge in [-0.2, -0.15) is 0 Å². The normalized spacial score (nSPS) is 17.8. The SMILES string of the molecule is CC1CCN(C(=O)C[NH2+]CCC[NH+](C)C)CC1. The minimum absolute atomic E-state index is 0.328. The van der Waals surface area contributed by atoms with Gasteiger partial charge >= 0.3 is 0 Å². The third-order valence-corrected chi connectivity index (χ3v) is 3.54. The Bertz CT molecular complexity index is 223. The van der Waals surface area contributed by atoms with E-state index in [1.54, 1.807) is 0 Å². The molecule has 0 atom stereocenters. The summed E-state index contributed by atoms with van der Waals surface area (Å²) in [5.74, 6) is 1.13. The van der Waals surface area contributed by atoms with Crippen LogP contribution in [0.4, 0.5) is 0 Å². The van der Waals surface area contributed by atoms with E-state index in [1.165, 1.54) is 30.7 Å². The van der Waals surface area contributed by atoms with Crippen LogP contribution in [-0.4, -0.2) is 57.6 Å². The van der Waals surface area contributed by atoms with Crippen molar-refractivity contribution in [3.8, 4) is 0 Å². The van der Waals surface area contributed by atoms with Crippen molar-refractivity contribution in [2.24, 2.45) is 5.92 Å². The fraction of sp³-hybridized carbons (Fsp3) is 0.923. The summed E-state index contributed by atoms with van der Waals surface area (Å²) >= 11 is 0. The number of carbonyl (C=O) groups excluding carboxylic acids is 1. The number of nitrogens with zero attached hydrogens (tertiary/aromatic N) is 1. The van der Waals surface area contributed by atoms with Crippen molar-refractivity contribution in [1.29, 1.82) is 0 Å². The molecule has 0 spiro atoms. The van der Waals surface area contributed by atoms with Crippen molar-refractivity contribution < 1.29 is 15.0 Å². The Morgan fingerprint density at radius 2 is 2.00 bits per heavy atom. The molecule has 1 fully saturated rings. The quantitative estimate of drug-likeness (QED) is 0.539. The van der Waals surface area contributed by atoms with E-state index in [0.717, 1.165) is 25.6 Å². The highest BCUT2D eigenvalue weighted by molar-refractivity contribution is 5.77. The van der Waals surface area contributed by atoms with E-state index in [2.05, 4.69) is 26.3 Å². The Kier molecular flexibility index (Phi) is 6.52. The van der Waals surface area contributed by atoms with Crippen LogP contribution in [-0.2, 0) is 4.79 Å². The first-order chi connectivity index (χ1) is 8.09. The predicted molar refractivity (Wildman–Crippen MR) is 68.9 cm³/mol. The van der Waals surface area contributed by atoms with E-state index in [9.17, 15) is 4.79 Å².